The van der Waals surface area contributed by atoms with Crippen molar-refractivity contribution in [3.63, 3.8) is 0 Å². The van der Waals surface area contributed by atoms with Gasteiger partial charge in [-0.25, -0.2) is 9.97 Å². The lowest BCUT2D eigenvalue weighted by Gasteiger charge is -2.18. The van der Waals surface area contributed by atoms with Crippen LogP contribution in [0.25, 0.3) is 11.4 Å². The maximum atomic E-state index is 5.92. The number of rotatable bonds is 2. The highest BCUT2D eigenvalue weighted by Gasteiger charge is 2.20. The van der Waals surface area contributed by atoms with Gasteiger partial charge in [0.15, 0.2) is 5.82 Å². The third-order valence-electron chi connectivity index (χ3n) is 3.51. The predicted octanol–water partition coefficient (Wildman–Crippen LogP) is 2.57. The van der Waals surface area contributed by atoms with Crippen molar-refractivity contribution < 1.29 is 0 Å². The highest BCUT2D eigenvalue weighted by molar-refractivity contribution is 5.60. The molecule has 1 aromatic heterocycles. The molecular weight excluding hydrogens is 236 g/mol. The largest absolute Gasteiger partial charge is 0.384 e. The molecule has 0 aliphatic carbocycles. The van der Waals surface area contributed by atoms with E-state index in [9.17, 15) is 0 Å². The molecule has 1 fully saturated rings. The first-order valence-corrected chi connectivity index (χ1v) is 6.67. The van der Waals surface area contributed by atoms with E-state index in [-0.39, 0.29) is 0 Å². The van der Waals surface area contributed by atoms with Crippen molar-refractivity contribution >= 4 is 11.6 Å². The SMILES string of the molecule is CC1CCN(c2cc(N)nc(-c3ccccc3)n2)C1. The number of nitrogens with zero attached hydrogens (tertiary/aromatic N) is 3. The molecule has 1 aromatic carbocycles. The van der Waals surface area contributed by atoms with Crippen LogP contribution in [0.5, 0.6) is 0 Å². The van der Waals surface area contributed by atoms with Crippen molar-refractivity contribution in [3.8, 4) is 11.4 Å². The quantitative estimate of drug-likeness (QED) is 0.895. The van der Waals surface area contributed by atoms with E-state index < -0.39 is 0 Å². The summed E-state index contributed by atoms with van der Waals surface area (Å²) in [5, 5.41) is 0. The zero-order valence-electron chi connectivity index (χ0n) is 11.1. The van der Waals surface area contributed by atoms with Crippen LogP contribution in [0.4, 0.5) is 11.6 Å². The summed E-state index contributed by atoms with van der Waals surface area (Å²) in [7, 11) is 0. The Morgan fingerprint density at radius 2 is 2.00 bits per heavy atom. The lowest BCUT2D eigenvalue weighted by Crippen LogP contribution is -2.21. The fraction of sp³-hybridized carbons (Fsp3) is 0.333. The molecule has 4 heteroatoms. The van der Waals surface area contributed by atoms with Gasteiger partial charge in [0.25, 0.3) is 0 Å². The first-order valence-electron chi connectivity index (χ1n) is 6.67. The molecule has 0 amide bonds. The molecule has 2 aromatic rings. The van der Waals surface area contributed by atoms with Gasteiger partial charge in [0.05, 0.1) is 0 Å². The molecule has 1 atom stereocenters. The Morgan fingerprint density at radius 1 is 1.21 bits per heavy atom. The third kappa shape index (κ3) is 2.52. The Bertz CT molecular complexity index is 568. The van der Waals surface area contributed by atoms with E-state index in [4.69, 9.17) is 5.73 Å². The van der Waals surface area contributed by atoms with E-state index in [0.29, 0.717) is 11.6 Å². The van der Waals surface area contributed by atoms with Gasteiger partial charge >= 0.3 is 0 Å². The number of nitrogens with two attached hydrogens (primary N) is 1. The van der Waals surface area contributed by atoms with Crippen LogP contribution in [0.1, 0.15) is 13.3 Å². The molecule has 1 saturated heterocycles. The van der Waals surface area contributed by atoms with Gasteiger partial charge in [0, 0.05) is 24.7 Å². The summed E-state index contributed by atoms with van der Waals surface area (Å²) in [5.74, 6) is 2.89. The zero-order chi connectivity index (χ0) is 13.2. The van der Waals surface area contributed by atoms with Crippen molar-refractivity contribution in [2.45, 2.75) is 13.3 Å². The summed E-state index contributed by atoms with van der Waals surface area (Å²) in [5.41, 5.74) is 6.92. The minimum Gasteiger partial charge on any atom is -0.384 e. The molecule has 0 bridgehead atoms. The Labute approximate surface area is 113 Å². The predicted molar refractivity (Wildman–Crippen MR) is 77.9 cm³/mol. The van der Waals surface area contributed by atoms with Crippen molar-refractivity contribution in [1.29, 1.82) is 0 Å². The maximum absolute atomic E-state index is 5.92. The van der Waals surface area contributed by atoms with E-state index in [1.165, 1.54) is 6.42 Å². The lowest BCUT2D eigenvalue weighted by molar-refractivity contribution is 0.659. The third-order valence-corrected chi connectivity index (χ3v) is 3.51. The van der Waals surface area contributed by atoms with E-state index in [2.05, 4.69) is 21.8 Å². The van der Waals surface area contributed by atoms with Crippen LogP contribution in [-0.4, -0.2) is 23.1 Å². The standard InChI is InChI=1S/C15H18N4/c1-11-7-8-19(10-11)14-9-13(16)17-15(18-14)12-5-3-2-4-6-12/h2-6,9,11H,7-8,10H2,1H3,(H2,16,17,18). The average molecular weight is 254 g/mol. The molecule has 0 radical (unpaired) electrons. The van der Waals surface area contributed by atoms with Crippen LogP contribution in [0.15, 0.2) is 36.4 Å². The molecule has 2 heterocycles. The van der Waals surface area contributed by atoms with E-state index >= 15 is 0 Å². The summed E-state index contributed by atoms with van der Waals surface area (Å²) in [6.45, 7) is 4.36. The minimum absolute atomic E-state index is 0.531. The first kappa shape index (κ1) is 12.0. The van der Waals surface area contributed by atoms with Crippen molar-refractivity contribution in [3.05, 3.63) is 36.4 Å². The molecule has 19 heavy (non-hydrogen) atoms. The van der Waals surface area contributed by atoms with E-state index in [1.54, 1.807) is 0 Å². The van der Waals surface area contributed by atoms with Crippen molar-refractivity contribution in [2.24, 2.45) is 5.92 Å². The summed E-state index contributed by atoms with van der Waals surface area (Å²) < 4.78 is 0. The van der Waals surface area contributed by atoms with Crippen LogP contribution in [0.3, 0.4) is 0 Å². The van der Waals surface area contributed by atoms with Gasteiger partial charge in [-0.1, -0.05) is 37.3 Å². The monoisotopic (exact) mass is 254 g/mol. The normalized spacial score (nSPS) is 18.8. The van der Waals surface area contributed by atoms with Crippen molar-refractivity contribution in [1.82, 2.24) is 9.97 Å². The second-order valence-corrected chi connectivity index (χ2v) is 5.18. The fourth-order valence-electron chi connectivity index (χ4n) is 2.47. The summed E-state index contributed by atoms with van der Waals surface area (Å²) >= 11 is 0. The van der Waals surface area contributed by atoms with Gasteiger partial charge in [0.1, 0.15) is 11.6 Å². The second-order valence-electron chi connectivity index (χ2n) is 5.18. The zero-order valence-corrected chi connectivity index (χ0v) is 11.1. The molecule has 0 saturated carbocycles. The van der Waals surface area contributed by atoms with Crippen LogP contribution < -0.4 is 10.6 Å². The summed E-state index contributed by atoms with van der Waals surface area (Å²) in [6.07, 6.45) is 1.21. The maximum Gasteiger partial charge on any atom is 0.163 e. The Kier molecular flexibility index (Phi) is 3.07. The molecule has 3 rings (SSSR count). The molecular formula is C15H18N4. The second kappa shape index (κ2) is 4.88. The van der Waals surface area contributed by atoms with Gasteiger partial charge < -0.3 is 10.6 Å². The molecule has 1 aliphatic heterocycles. The van der Waals surface area contributed by atoms with Crippen LogP contribution in [-0.2, 0) is 0 Å². The van der Waals surface area contributed by atoms with Gasteiger partial charge in [0.2, 0.25) is 0 Å². The Hall–Kier alpha value is -2.10. The summed E-state index contributed by atoms with van der Waals surface area (Å²) in [6, 6.07) is 11.8. The number of anilines is 2. The Balaban J connectivity index is 1.97. The molecule has 4 nitrogen and oxygen atoms in total. The topological polar surface area (TPSA) is 55.0 Å². The van der Waals surface area contributed by atoms with Gasteiger partial charge in [-0.15, -0.1) is 0 Å². The molecule has 0 spiro atoms. The molecule has 2 N–H and O–H groups in total. The van der Waals surface area contributed by atoms with Crippen molar-refractivity contribution in [2.75, 3.05) is 23.7 Å². The molecule has 1 unspecified atom stereocenters. The number of hydrogen-bond donors (Lipinski definition) is 1. The average Bonchev–Trinajstić information content (AvgIpc) is 2.86. The molecule has 1 aliphatic rings. The number of benzene rings is 1. The highest BCUT2D eigenvalue weighted by Crippen LogP contribution is 2.25. The number of hydrogen-bond acceptors (Lipinski definition) is 4. The van der Waals surface area contributed by atoms with Gasteiger partial charge in [-0.3, -0.25) is 0 Å². The fourth-order valence-corrected chi connectivity index (χ4v) is 2.47. The van der Waals surface area contributed by atoms with E-state index in [0.717, 1.165) is 30.4 Å². The van der Waals surface area contributed by atoms with Crippen LogP contribution in [0, 0.1) is 5.92 Å². The summed E-state index contributed by atoms with van der Waals surface area (Å²) in [4.78, 5) is 11.3. The number of nitrogen functional groups attached to an aromatic ring is 1. The van der Waals surface area contributed by atoms with Gasteiger partial charge in [-0.05, 0) is 12.3 Å². The minimum atomic E-state index is 0.531. The highest BCUT2D eigenvalue weighted by atomic mass is 15.2. The smallest absolute Gasteiger partial charge is 0.163 e. The number of aromatic nitrogens is 2. The van der Waals surface area contributed by atoms with Crippen LogP contribution in [0.2, 0.25) is 0 Å². The first-order chi connectivity index (χ1) is 9.22. The Morgan fingerprint density at radius 3 is 2.68 bits per heavy atom. The lowest BCUT2D eigenvalue weighted by atomic mass is 10.2. The van der Waals surface area contributed by atoms with E-state index in [1.807, 2.05) is 36.4 Å². The van der Waals surface area contributed by atoms with Crippen LogP contribution >= 0.6 is 0 Å². The van der Waals surface area contributed by atoms with Gasteiger partial charge in [-0.2, -0.15) is 0 Å². The molecule has 98 valence electrons.